The predicted molar refractivity (Wildman–Crippen MR) is 60.6 cm³/mol. The molecular weight excluding hydrogens is 244 g/mol. The summed E-state index contributed by atoms with van der Waals surface area (Å²) >= 11 is 0. The van der Waals surface area contributed by atoms with Crippen LogP contribution in [0.25, 0.3) is 0 Å². The van der Waals surface area contributed by atoms with Gasteiger partial charge in [-0.05, 0) is 12.1 Å². The molecule has 2 aromatic heterocycles. The van der Waals surface area contributed by atoms with E-state index in [-0.39, 0.29) is 5.09 Å². The van der Waals surface area contributed by atoms with Crippen molar-refractivity contribution >= 4 is 15.7 Å². The minimum Gasteiger partial charge on any atom is -0.446 e. The van der Waals surface area contributed by atoms with Gasteiger partial charge < -0.3 is 9.73 Å². The quantitative estimate of drug-likeness (QED) is 0.817. The second kappa shape index (κ2) is 4.22. The number of nitrogens with two attached hydrogens (primary N) is 1. The average Bonchev–Trinajstić information content (AvgIpc) is 2.82. The number of nitrogens with one attached hydrogen (secondary N) is 1. The summed E-state index contributed by atoms with van der Waals surface area (Å²) in [7, 11) is -1.97. The van der Waals surface area contributed by atoms with Gasteiger partial charge in [0.25, 0.3) is 10.0 Å². The van der Waals surface area contributed by atoms with Crippen molar-refractivity contribution < 1.29 is 12.8 Å². The number of anilines is 1. The molecule has 0 atom stereocenters. The lowest BCUT2D eigenvalue weighted by molar-refractivity contribution is 0.419. The molecule has 0 aliphatic rings. The van der Waals surface area contributed by atoms with E-state index in [1.807, 2.05) is 0 Å². The van der Waals surface area contributed by atoms with Gasteiger partial charge in [0.15, 0.2) is 0 Å². The first kappa shape index (κ1) is 11.7. The maximum atomic E-state index is 11.0. The van der Waals surface area contributed by atoms with Gasteiger partial charge in [0, 0.05) is 13.2 Å². The Hall–Kier alpha value is -1.80. The summed E-state index contributed by atoms with van der Waals surface area (Å²) in [5.41, 5.74) is 0.820. The van der Waals surface area contributed by atoms with E-state index in [1.54, 1.807) is 30.2 Å². The van der Waals surface area contributed by atoms with Gasteiger partial charge in [-0.1, -0.05) is 0 Å². The Bertz CT molecular complexity index is 614. The van der Waals surface area contributed by atoms with Crippen molar-refractivity contribution in [1.29, 1.82) is 0 Å². The van der Waals surface area contributed by atoms with Gasteiger partial charge in [0.1, 0.15) is 5.76 Å². The van der Waals surface area contributed by atoms with E-state index >= 15 is 0 Å². The van der Waals surface area contributed by atoms with E-state index in [1.165, 1.54) is 6.07 Å². The number of aromatic nitrogens is 2. The highest BCUT2D eigenvalue weighted by Gasteiger charge is 2.12. The summed E-state index contributed by atoms with van der Waals surface area (Å²) < 4.78 is 28.7. The number of nitrogens with zero attached hydrogens (tertiary/aromatic N) is 2. The molecule has 2 heterocycles. The smallest absolute Gasteiger partial charge is 0.271 e. The minimum atomic E-state index is -3.77. The van der Waals surface area contributed by atoms with Crippen molar-refractivity contribution in [2.45, 2.75) is 11.6 Å². The Morgan fingerprint density at radius 1 is 1.53 bits per heavy atom. The lowest BCUT2D eigenvalue weighted by Crippen LogP contribution is -2.10. The number of hydrogen-bond acceptors (Lipinski definition) is 5. The fraction of sp³-hybridized carbons (Fsp3) is 0.222. The number of hydrogen-bond donors (Lipinski definition) is 2. The third-order valence-corrected chi connectivity index (χ3v) is 2.87. The first-order valence-electron chi connectivity index (χ1n) is 4.79. The number of rotatable bonds is 4. The zero-order valence-electron chi connectivity index (χ0n) is 9.12. The van der Waals surface area contributed by atoms with Crippen LogP contribution in [0.3, 0.4) is 0 Å². The number of primary sulfonamides is 1. The van der Waals surface area contributed by atoms with Crippen LogP contribution >= 0.6 is 0 Å². The van der Waals surface area contributed by atoms with Crippen molar-refractivity contribution in [3.05, 3.63) is 30.3 Å². The number of sulfonamides is 1. The summed E-state index contributed by atoms with van der Waals surface area (Å²) in [5.74, 6) is 0.484. The van der Waals surface area contributed by atoms with Gasteiger partial charge in [0.05, 0.1) is 18.4 Å². The largest absolute Gasteiger partial charge is 0.446 e. The summed E-state index contributed by atoms with van der Waals surface area (Å²) in [6.45, 7) is 0.362. The van der Waals surface area contributed by atoms with E-state index in [0.29, 0.717) is 12.3 Å². The lowest BCUT2D eigenvalue weighted by Gasteiger charge is -1.99. The second-order valence-electron chi connectivity index (χ2n) is 3.52. The molecule has 2 aromatic rings. The van der Waals surface area contributed by atoms with Gasteiger partial charge in [0.2, 0.25) is 5.09 Å². The van der Waals surface area contributed by atoms with E-state index in [9.17, 15) is 8.42 Å². The van der Waals surface area contributed by atoms with Crippen molar-refractivity contribution in [2.24, 2.45) is 12.2 Å². The van der Waals surface area contributed by atoms with Crippen molar-refractivity contribution in [1.82, 2.24) is 9.78 Å². The average molecular weight is 256 g/mol. The summed E-state index contributed by atoms with van der Waals surface area (Å²) in [6.07, 6.45) is 3.45. The number of aryl methyl sites for hydroxylation is 1. The van der Waals surface area contributed by atoms with Crippen LogP contribution in [0.4, 0.5) is 5.69 Å². The third kappa shape index (κ3) is 2.86. The standard InChI is InChI=1S/C9H12N4O3S/c1-13-6-7(4-12-13)11-5-8-2-3-9(16-8)17(10,14)15/h2-4,6,11H,5H2,1H3,(H2,10,14,15). The van der Waals surface area contributed by atoms with E-state index < -0.39 is 10.0 Å². The zero-order chi connectivity index (χ0) is 12.5. The zero-order valence-corrected chi connectivity index (χ0v) is 9.94. The van der Waals surface area contributed by atoms with Crippen LogP contribution in [0.2, 0.25) is 0 Å². The molecule has 17 heavy (non-hydrogen) atoms. The topological polar surface area (TPSA) is 103 Å². The molecule has 0 amide bonds. The maximum Gasteiger partial charge on any atom is 0.271 e. The molecule has 0 radical (unpaired) electrons. The van der Waals surface area contributed by atoms with Gasteiger partial charge in [-0.2, -0.15) is 5.10 Å². The molecule has 0 aromatic carbocycles. The molecule has 92 valence electrons. The van der Waals surface area contributed by atoms with E-state index in [4.69, 9.17) is 9.56 Å². The van der Waals surface area contributed by atoms with Crippen molar-refractivity contribution in [3.63, 3.8) is 0 Å². The molecule has 0 spiro atoms. The summed E-state index contributed by atoms with van der Waals surface area (Å²) in [4.78, 5) is 0. The monoisotopic (exact) mass is 256 g/mol. The SMILES string of the molecule is Cn1cc(NCc2ccc(S(N)(=O)=O)o2)cn1. The van der Waals surface area contributed by atoms with Crippen LogP contribution in [0, 0.1) is 0 Å². The van der Waals surface area contributed by atoms with Crippen LogP contribution in [-0.4, -0.2) is 18.2 Å². The summed E-state index contributed by atoms with van der Waals surface area (Å²) in [6, 6.07) is 2.89. The maximum absolute atomic E-state index is 11.0. The molecular formula is C9H12N4O3S. The van der Waals surface area contributed by atoms with Crippen LogP contribution < -0.4 is 10.5 Å². The molecule has 3 N–H and O–H groups in total. The molecule has 7 nitrogen and oxygen atoms in total. The Morgan fingerprint density at radius 2 is 2.29 bits per heavy atom. The van der Waals surface area contributed by atoms with Gasteiger partial charge in [-0.3, -0.25) is 4.68 Å². The Labute approximate surface area is 98.3 Å². The van der Waals surface area contributed by atoms with Crippen LogP contribution in [0.15, 0.2) is 34.0 Å². The molecule has 8 heteroatoms. The number of furan rings is 1. The molecule has 0 aliphatic heterocycles. The summed E-state index contributed by atoms with van der Waals surface area (Å²) in [5, 5.41) is 11.7. The van der Waals surface area contributed by atoms with Crippen LogP contribution in [0.5, 0.6) is 0 Å². The highest BCUT2D eigenvalue weighted by atomic mass is 32.2. The lowest BCUT2D eigenvalue weighted by atomic mass is 10.4. The normalized spacial score (nSPS) is 11.6. The molecule has 0 fully saturated rings. The highest BCUT2D eigenvalue weighted by molar-refractivity contribution is 7.89. The Balaban J connectivity index is 2.03. The van der Waals surface area contributed by atoms with Crippen molar-refractivity contribution in [3.8, 4) is 0 Å². The Morgan fingerprint density at radius 3 is 2.82 bits per heavy atom. The third-order valence-electron chi connectivity index (χ3n) is 2.09. The fourth-order valence-electron chi connectivity index (χ4n) is 1.31. The van der Waals surface area contributed by atoms with Gasteiger partial charge >= 0.3 is 0 Å². The highest BCUT2D eigenvalue weighted by Crippen LogP contribution is 2.14. The predicted octanol–water partition coefficient (Wildman–Crippen LogP) is 0.273. The molecule has 2 rings (SSSR count). The molecule has 0 aliphatic carbocycles. The van der Waals surface area contributed by atoms with Gasteiger partial charge in [-0.25, -0.2) is 13.6 Å². The van der Waals surface area contributed by atoms with Crippen LogP contribution in [-0.2, 0) is 23.6 Å². The molecule has 0 saturated carbocycles. The molecule has 0 bridgehead atoms. The Kier molecular flexibility index (Phi) is 2.90. The first-order chi connectivity index (χ1) is 7.95. The van der Waals surface area contributed by atoms with Crippen LogP contribution in [0.1, 0.15) is 5.76 Å². The molecule has 0 saturated heterocycles. The van der Waals surface area contributed by atoms with Gasteiger partial charge in [-0.15, -0.1) is 0 Å². The minimum absolute atomic E-state index is 0.236. The molecule has 0 unspecified atom stereocenters. The first-order valence-corrected chi connectivity index (χ1v) is 6.34. The fourth-order valence-corrected chi connectivity index (χ4v) is 1.79. The van der Waals surface area contributed by atoms with E-state index in [0.717, 1.165) is 5.69 Å². The van der Waals surface area contributed by atoms with Crippen molar-refractivity contribution in [2.75, 3.05) is 5.32 Å². The second-order valence-corrected chi connectivity index (χ2v) is 5.01. The van der Waals surface area contributed by atoms with E-state index in [2.05, 4.69) is 10.4 Å².